The first-order chi connectivity index (χ1) is 6.09. The Morgan fingerprint density at radius 3 is 2.46 bits per heavy atom. The predicted octanol–water partition coefficient (Wildman–Crippen LogP) is 3.24. The van der Waals surface area contributed by atoms with Gasteiger partial charge < -0.3 is 0 Å². The number of carbonyl (C=O) groups is 1. The molecule has 0 bridgehead atoms. The van der Waals surface area contributed by atoms with Crippen LogP contribution in [-0.2, 0) is 11.2 Å². The van der Waals surface area contributed by atoms with Crippen LogP contribution in [0.25, 0.3) is 0 Å². The Labute approximate surface area is 91.2 Å². The van der Waals surface area contributed by atoms with Crippen molar-refractivity contribution in [2.75, 3.05) is 0 Å². The van der Waals surface area contributed by atoms with Crippen molar-refractivity contribution in [2.45, 2.75) is 18.2 Å². The SMILES string of the molecule is CC(Br)C(=O)Cc1ccc(Cl)cc1. The smallest absolute Gasteiger partial charge is 0.150 e. The van der Waals surface area contributed by atoms with Crippen LogP contribution in [-0.4, -0.2) is 10.6 Å². The van der Waals surface area contributed by atoms with Crippen molar-refractivity contribution in [1.29, 1.82) is 0 Å². The molecule has 0 aliphatic carbocycles. The molecule has 0 aromatic heterocycles. The molecule has 3 heteroatoms. The second-order valence-corrected chi connectivity index (χ2v) is 4.70. The predicted molar refractivity (Wildman–Crippen MR) is 58.6 cm³/mol. The molecule has 0 saturated carbocycles. The molecule has 0 fully saturated rings. The summed E-state index contributed by atoms with van der Waals surface area (Å²) in [6.45, 7) is 1.83. The lowest BCUT2D eigenvalue weighted by Gasteiger charge is -2.02. The zero-order valence-electron chi connectivity index (χ0n) is 7.26. The molecule has 13 heavy (non-hydrogen) atoms. The molecule has 0 radical (unpaired) electrons. The molecule has 0 heterocycles. The topological polar surface area (TPSA) is 17.1 Å². The summed E-state index contributed by atoms with van der Waals surface area (Å²) in [5, 5.41) is 0.697. The van der Waals surface area contributed by atoms with Crippen LogP contribution in [0.15, 0.2) is 24.3 Å². The van der Waals surface area contributed by atoms with E-state index in [9.17, 15) is 4.79 Å². The third kappa shape index (κ3) is 3.49. The zero-order valence-corrected chi connectivity index (χ0v) is 9.60. The van der Waals surface area contributed by atoms with E-state index in [1.54, 1.807) is 12.1 Å². The van der Waals surface area contributed by atoms with Crippen LogP contribution < -0.4 is 0 Å². The highest BCUT2D eigenvalue weighted by Crippen LogP contribution is 2.11. The number of alkyl halides is 1. The Morgan fingerprint density at radius 2 is 2.00 bits per heavy atom. The van der Waals surface area contributed by atoms with Crippen LogP contribution >= 0.6 is 27.5 Å². The van der Waals surface area contributed by atoms with E-state index in [0.29, 0.717) is 11.4 Å². The summed E-state index contributed by atoms with van der Waals surface area (Å²) in [6.07, 6.45) is 0.462. The standard InChI is InChI=1S/C10H10BrClO/c1-7(11)10(13)6-8-2-4-9(12)5-3-8/h2-5,7H,6H2,1H3. The summed E-state index contributed by atoms with van der Waals surface area (Å²) in [5.74, 6) is 0.183. The lowest BCUT2D eigenvalue weighted by atomic mass is 10.1. The quantitative estimate of drug-likeness (QED) is 0.764. The third-order valence-electron chi connectivity index (χ3n) is 1.74. The number of Topliss-reactive ketones (excluding diaryl/α,β-unsaturated/α-hetero) is 1. The summed E-state index contributed by atoms with van der Waals surface area (Å²) < 4.78 is 0. The fourth-order valence-electron chi connectivity index (χ4n) is 0.944. The van der Waals surface area contributed by atoms with Gasteiger partial charge in [0.2, 0.25) is 0 Å². The minimum Gasteiger partial charge on any atom is -0.298 e. The average Bonchev–Trinajstić information content (AvgIpc) is 2.08. The highest BCUT2D eigenvalue weighted by atomic mass is 79.9. The van der Waals surface area contributed by atoms with Crippen LogP contribution in [0.1, 0.15) is 12.5 Å². The first kappa shape index (κ1) is 10.7. The van der Waals surface area contributed by atoms with Gasteiger partial charge in [-0.1, -0.05) is 39.7 Å². The Kier molecular flexibility index (Phi) is 3.94. The molecule has 1 rings (SSSR count). The van der Waals surface area contributed by atoms with E-state index in [4.69, 9.17) is 11.6 Å². The van der Waals surface area contributed by atoms with Gasteiger partial charge in [-0.3, -0.25) is 4.79 Å². The van der Waals surface area contributed by atoms with Crippen molar-refractivity contribution in [3.05, 3.63) is 34.9 Å². The molecule has 0 aliphatic rings. The second-order valence-electron chi connectivity index (χ2n) is 2.89. The summed E-state index contributed by atoms with van der Waals surface area (Å²) in [4.78, 5) is 11.2. The van der Waals surface area contributed by atoms with Crippen LogP contribution in [0, 0.1) is 0 Å². The van der Waals surface area contributed by atoms with Gasteiger partial charge in [0.05, 0.1) is 4.83 Å². The van der Waals surface area contributed by atoms with Gasteiger partial charge in [0.25, 0.3) is 0 Å². The molecule has 1 atom stereocenters. The maximum atomic E-state index is 11.3. The maximum absolute atomic E-state index is 11.3. The first-order valence-electron chi connectivity index (χ1n) is 4.01. The van der Waals surface area contributed by atoms with E-state index in [1.165, 1.54) is 0 Å². The molecule has 0 aliphatic heterocycles. The van der Waals surface area contributed by atoms with Gasteiger partial charge in [-0.25, -0.2) is 0 Å². The van der Waals surface area contributed by atoms with E-state index >= 15 is 0 Å². The molecule has 70 valence electrons. The molecule has 1 nitrogen and oxygen atoms in total. The van der Waals surface area contributed by atoms with Crippen molar-refractivity contribution in [1.82, 2.24) is 0 Å². The largest absolute Gasteiger partial charge is 0.298 e. The normalized spacial score (nSPS) is 12.5. The minimum absolute atomic E-state index is 0.0804. The fourth-order valence-corrected chi connectivity index (χ4v) is 1.23. The molecule has 1 unspecified atom stereocenters. The fraction of sp³-hybridized carbons (Fsp3) is 0.300. The van der Waals surface area contributed by atoms with E-state index < -0.39 is 0 Å². The maximum Gasteiger partial charge on any atom is 0.150 e. The first-order valence-corrected chi connectivity index (χ1v) is 5.30. The van der Waals surface area contributed by atoms with Crippen LogP contribution in [0.5, 0.6) is 0 Å². The lowest BCUT2D eigenvalue weighted by molar-refractivity contribution is -0.117. The Balaban J connectivity index is 2.65. The average molecular weight is 262 g/mol. The van der Waals surface area contributed by atoms with Crippen molar-refractivity contribution in [3.8, 4) is 0 Å². The summed E-state index contributed by atoms with van der Waals surface area (Å²) in [5.41, 5.74) is 1.00. The molecule has 1 aromatic carbocycles. The number of rotatable bonds is 3. The van der Waals surface area contributed by atoms with Gasteiger partial charge in [-0.05, 0) is 24.6 Å². The Bertz CT molecular complexity index is 292. The van der Waals surface area contributed by atoms with Crippen LogP contribution in [0.3, 0.4) is 0 Å². The molecular weight excluding hydrogens is 251 g/mol. The van der Waals surface area contributed by atoms with Crippen molar-refractivity contribution in [2.24, 2.45) is 0 Å². The van der Waals surface area contributed by atoms with Crippen molar-refractivity contribution in [3.63, 3.8) is 0 Å². The molecule has 0 amide bonds. The minimum atomic E-state index is -0.0804. The summed E-state index contributed by atoms with van der Waals surface area (Å²) >= 11 is 8.95. The Morgan fingerprint density at radius 1 is 1.46 bits per heavy atom. The number of halogens is 2. The Hall–Kier alpha value is -0.340. The van der Waals surface area contributed by atoms with Crippen LogP contribution in [0.4, 0.5) is 0 Å². The van der Waals surface area contributed by atoms with E-state index in [2.05, 4.69) is 15.9 Å². The zero-order chi connectivity index (χ0) is 9.84. The molecular formula is C10H10BrClO. The van der Waals surface area contributed by atoms with E-state index in [-0.39, 0.29) is 10.6 Å². The molecule has 0 saturated heterocycles. The monoisotopic (exact) mass is 260 g/mol. The van der Waals surface area contributed by atoms with E-state index in [1.807, 2.05) is 19.1 Å². The number of hydrogen-bond donors (Lipinski definition) is 0. The number of benzene rings is 1. The van der Waals surface area contributed by atoms with Crippen LogP contribution in [0.2, 0.25) is 5.02 Å². The van der Waals surface area contributed by atoms with Crippen molar-refractivity contribution >= 4 is 33.3 Å². The third-order valence-corrected chi connectivity index (χ3v) is 2.50. The lowest BCUT2D eigenvalue weighted by Crippen LogP contribution is -2.12. The van der Waals surface area contributed by atoms with Crippen molar-refractivity contribution < 1.29 is 4.79 Å². The number of carbonyl (C=O) groups excluding carboxylic acids is 1. The molecule has 0 spiro atoms. The summed E-state index contributed by atoms with van der Waals surface area (Å²) in [7, 11) is 0. The highest BCUT2D eigenvalue weighted by molar-refractivity contribution is 9.10. The molecule has 1 aromatic rings. The van der Waals surface area contributed by atoms with Gasteiger partial charge in [0.1, 0.15) is 0 Å². The number of ketones is 1. The summed E-state index contributed by atoms with van der Waals surface area (Å²) in [6, 6.07) is 7.33. The highest BCUT2D eigenvalue weighted by Gasteiger charge is 2.08. The van der Waals surface area contributed by atoms with Gasteiger partial charge in [-0.15, -0.1) is 0 Å². The van der Waals surface area contributed by atoms with Gasteiger partial charge in [0.15, 0.2) is 5.78 Å². The van der Waals surface area contributed by atoms with Gasteiger partial charge in [-0.2, -0.15) is 0 Å². The molecule has 0 N–H and O–H groups in total. The van der Waals surface area contributed by atoms with Gasteiger partial charge in [0, 0.05) is 11.4 Å². The van der Waals surface area contributed by atoms with E-state index in [0.717, 1.165) is 5.56 Å². The van der Waals surface area contributed by atoms with Gasteiger partial charge >= 0.3 is 0 Å². The second kappa shape index (κ2) is 4.77. The number of hydrogen-bond acceptors (Lipinski definition) is 1.